The van der Waals surface area contributed by atoms with E-state index in [1.807, 2.05) is 13.8 Å². The maximum absolute atomic E-state index is 8.75. The average Bonchev–Trinajstić information content (AvgIpc) is 2.89. The predicted molar refractivity (Wildman–Crippen MR) is 69.0 cm³/mol. The minimum atomic E-state index is -0.184. The SMILES string of the molecule is COC(c1noc(-c2ccc(C#N)cc2)n1)C(C)C. The molecule has 0 N–H and O–H groups in total. The van der Waals surface area contributed by atoms with Crippen LogP contribution in [0, 0.1) is 17.2 Å². The second kappa shape index (κ2) is 5.63. The third-order valence-corrected chi connectivity index (χ3v) is 2.82. The van der Waals surface area contributed by atoms with Crippen molar-refractivity contribution in [1.29, 1.82) is 5.26 Å². The summed E-state index contributed by atoms with van der Waals surface area (Å²) in [5.41, 5.74) is 1.39. The number of aromatic nitrogens is 2. The fourth-order valence-electron chi connectivity index (χ4n) is 1.83. The first-order valence-electron chi connectivity index (χ1n) is 6.02. The summed E-state index contributed by atoms with van der Waals surface area (Å²) in [4.78, 5) is 4.34. The van der Waals surface area contributed by atoms with Crippen molar-refractivity contribution >= 4 is 0 Å². The summed E-state index contributed by atoms with van der Waals surface area (Å²) in [7, 11) is 1.63. The van der Waals surface area contributed by atoms with Crippen LogP contribution in [-0.4, -0.2) is 17.3 Å². The van der Waals surface area contributed by atoms with E-state index in [2.05, 4.69) is 16.2 Å². The Morgan fingerprint density at radius 1 is 1.26 bits per heavy atom. The zero-order chi connectivity index (χ0) is 13.8. The lowest BCUT2D eigenvalue weighted by atomic mass is 10.1. The van der Waals surface area contributed by atoms with Crippen molar-refractivity contribution in [2.75, 3.05) is 7.11 Å². The van der Waals surface area contributed by atoms with E-state index in [1.54, 1.807) is 31.4 Å². The lowest BCUT2D eigenvalue weighted by Crippen LogP contribution is -2.10. The van der Waals surface area contributed by atoms with Crippen LogP contribution in [0.15, 0.2) is 28.8 Å². The first-order chi connectivity index (χ1) is 9.15. The normalized spacial score (nSPS) is 12.4. The highest BCUT2D eigenvalue weighted by atomic mass is 16.5. The van der Waals surface area contributed by atoms with Gasteiger partial charge in [0.25, 0.3) is 5.89 Å². The molecule has 0 saturated heterocycles. The molecule has 0 amide bonds. The molecular weight excluding hydrogens is 242 g/mol. The van der Waals surface area contributed by atoms with Crippen LogP contribution in [0.2, 0.25) is 0 Å². The Balaban J connectivity index is 2.27. The molecule has 0 aliphatic heterocycles. The largest absolute Gasteiger partial charge is 0.373 e. The van der Waals surface area contributed by atoms with Gasteiger partial charge in [0.15, 0.2) is 0 Å². The Labute approximate surface area is 111 Å². The van der Waals surface area contributed by atoms with Gasteiger partial charge in [-0.3, -0.25) is 0 Å². The molecule has 1 heterocycles. The summed E-state index contributed by atoms with van der Waals surface area (Å²) in [5, 5.41) is 12.7. The highest BCUT2D eigenvalue weighted by molar-refractivity contribution is 5.54. The maximum atomic E-state index is 8.75. The molecule has 0 spiro atoms. The Hall–Kier alpha value is -2.19. The minimum absolute atomic E-state index is 0.184. The lowest BCUT2D eigenvalue weighted by molar-refractivity contribution is 0.0556. The molecule has 2 rings (SSSR count). The number of ether oxygens (including phenoxy) is 1. The van der Waals surface area contributed by atoms with E-state index in [9.17, 15) is 0 Å². The molecular formula is C14H15N3O2. The van der Waals surface area contributed by atoms with Crippen LogP contribution in [0.4, 0.5) is 0 Å². The van der Waals surface area contributed by atoms with Crippen LogP contribution < -0.4 is 0 Å². The van der Waals surface area contributed by atoms with Gasteiger partial charge in [-0.1, -0.05) is 19.0 Å². The fourth-order valence-corrected chi connectivity index (χ4v) is 1.83. The first-order valence-corrected chi connectivity index (χ1v) is 6.02. The molecule has 98 valence electrons. The zero-order valence-electron chi connectivity index (χ0n) is 11.1. The smallest absolute Gasteiger partial charge is 0.258 e. The van der Waals surface area contributed by atoms with E-state index >= 15 is 0 Å². The number of rotatable bonds is 4. The molecule has 0 fully saturated rings. The van der Waals surface area contributed by atoms with Crippen LogP contribution in [0.1, 0.15) is 31.3 Å². The van der Waals surface area contributed by atoms with Gasteiger partial charge in [-0.05, 0) is 30.2 Å². The lowest BCUT2D eigenvalue weighted by Gasteiger charge is -2.14. The molecule has 2 aromatic rings. The van der Waals surface area contributed by atoms with Crippen molar-refractivity contribution in [2.45, 2.75) is 20.0 Å². The standard InChI is InChI=1S/C14H15N3O2/c1-9(2)12(18-3)13-16-14(19-17-13)11-6-4-10(8-15)5-7-11/h4-7,9,12H,1-3H3. The van der Waals surface area contributed by atoms with E-state index in [0.29, 0.717) is 17.3 Å². The summed E-state index contributed by atoms with van der Waals surface area (Å²) < 4.78 is 10.6. The highest BCUT2D eigenvalue weighted by Gasteiger charge is 2.21. The molecule has 1 unspecified atom stereocenters. The van der Waals surface area contributed by atoms with E-state index in [-0.39, 0.29) is 12.0 Å². The quantitative estimate of drug-likeness (QED) is 0.842. The van der Waals surface area contributed by atoms with Gasteiger partial charge < -0.3 is 9.26 Å². The summed E-state index contributed by atoms with van der Waals surface area (Å²) in [6, 6.07) is 9.07. The third-order valence-electron chi connectivity index (χ3n) is 2.82. The molecule has 0 aliphatic rings. The van der Waals surface area contributed by atoms with Gasteiger partial charge >= 0.3 is 0 Å². The fraction of sp³-hybridized carbons (Fsp3) is 0.357. The Morgan fingerprint density at radius 3 is 2.47 bits per heavy atom. The van der Waals surface area contributed by atoms with Crippen molar-refractivity contribution < 1.29 is 9.26 Å². The molecule has 5 heteroatoms. The van der Waals surface area contributed by atoms with Crippen molar-refractivity contribution in [2.24, 2.45) is 5.92 Å². The van der Waals surface area contributed by atoms with Crippen LogP contribution in [-0.2, 0) is 4.74 Å². The van der Waals surface area contributed by atoms with Crippen molar-refractivity contribution in [3.63, 3.8) is 0 Å². The van der Waals surface area contributed by atoms with Gasteiger partial charge in [0.2, 0.25) is 5.82 Å². The Bertz CT molecular complexity index is 581. The summed E-state index contributed by atoms with van der Waals surface area (Å²) in [6.45, 7) is 4.07. The minimum Gasteiger partial charge on any atom is -0.373 e. The number of hydrogen-bond acceptors (Lipinski definition) is 5. The summed E-state index contributed by atoms with van der Waals surface area (Å²) in [5.74, 6) is 1.23. The number of methoxy groups -OCH3 is 1. The summed E-state index contributed by atoms with van der Waals surface area (Å²) >= 11 is 0. The van der Waals surface area contributed by atoms with Crippen LogP contribution in [0.3, 0.4) is 0 Å². The topological polar surface area (TPSA) is 71.9 Å². The van der Waals surface area contributed by atoms with Gasteiger partial charge in [-0.25, -0.2) is 0 Å². The average molecular weight is 257 g/mol. The molecule has 1 atom stereocenters. The number of benzene rings is 1. The van der Waals surface area contributed by atoms with Crippen molar-refractivity contribution in [1.82, 2.24) is 10.1 Å². The van der Waals surface area contributed by atoms with Crippen molar-refractivity contribution in [3.05, 3.63) is 35.7 Å². The number of nitriles is 1. The molecule has 0 radical (unpaired) electrons. The van der Waals surface area contributed by atoms with Gasteiger partial charge in [-0.2, -0.15) is 10.2 Å². The monoisotopic (exact) mass is 257 g/mol. The van der Waals surface area contributed by atoms with E-state index in [1.165, 1.54) is 0 Å². The molecule has 1 aromatic heterocycles. The van der Waals surface area contributed by atoms with Gasteiger partial charge in [0.1, 0.15) is 6.10 Å². The molecule has 5 nitrogen and oxygen atoms in total. The van der Waals surface area contributed by atoms with Crippen molar-refractivity contribution in [3.8, 4) is 17.5 Å². The van der Waals surface area contributed by atoms with Gasteiger partial charge in [-0.15, -0.1) is 0 Å². The second-order valence-electron chi connectivity index (χ2n) is 4.55. The van der Waals surface area contributed by atoms with Gasteiger partial charge in [0, 0.05) is 12.7 Å². The van der Waals surface area contributed by atoms with Gasteiger partial charge in [0.05, 0.1) is 11.6 Å². The Kier molecular flexibility index (Phi) is 3.93. The van der Waals surface area contributed by atoms with E-state index in [0.717, 1.165) is 5.56 Å². The predicted octanol–water partition coefficient (Wildman–Crippen LogP) is 2.95. The third kappa shape index (κ3) is 2.80. The van der Waals surface area contributed by atoms with Crippen LogP contribution in [0.25, 0.3) is 11.5 Å². The van der Waals surface area contributed by atoms with E-state index < -0.39 is 0 Å². The number of hydrogen-bond donors (Lipinski definition) is 0. The maximum Gasteiger partial charge on any atom is 0.258 e. The van der Waals surface area contributed by atoms with E-state index in [4.69, 9.17) is 14.5 Å². The number of nitrogens with zero attached hydrogens (tertiary/aromatic N) is 3. The Morgan fingerprint density at radius 2 is 1.95 bits per heavy atom. The molecule has 0 bridgehead atoms. The molecule has 19 heavy (non-hydrogen) atoms. The zero-order valence-corrected chi connectivity index (χ0v) is 11.1. The summed E-state index contributed by atoms with van der Waals surface area (Å²) in [6.07, 6.45) is -0.184. The first kappa shape index (κ1) is 13.2. The molecule has 1 aromatic carbocycles. The molecule has 0 saturated carbocycles. The highest BCUT2D eigenvalue weighted by Crippen LogP contribution is 2.25. The molecule has 0 aliphatic carbocycles. The van der Waals surface area contributed by atoms with Crippen LogP contribution in [0.5, 0.6) is 0 Å². The van der Waals surface area contributed by atoms with Crippen LogP contribution >= 0.6 is 0 Å². The second-order valence-corrected chi connectivity index (χ2v) is 4.55.